The minimum absolute atomic E-state index is 0.106. The van der Waals surface area contributed by atoms with Crippen molar-refractivity contribution in [1.82, 2.24) is 24.9 Å². The van der Waals surface area contributed by atoms with Crippen molar-refractivity contribution in [3.8, 4) is 22.5 Å². The number of carbonyl (C=O) groups is 1. The molecule has 0 saturated carbocycles. The number of carbonyl (C=O) groups excluding carboxylic acids is 1. The quantitative estimate of drug-likeness (QED) is 0.561. The van der Waals surface area contributed by atoms with Crippen LogP contribution in [0.25, 0.3) is 28.2 Å². The molecule has 0 fully saturated rings. The van der Waals surface area contributed by atoms with Crippen LogP contribution in [0.1, 0.15) is 17.3 Å². The third-order valence-corrected chi connectivity index (χ3v) is 4.32. The largest absolute Gasteiger partial charge is 0.350 e. The molecule has 7 nitrogen and oxygen atoms in total. The van der Waals surface area contributed by atoms with E-state index in [-0.39, 0.29) is 11.9 Å². The Morgan fingerprint density at radius 1 is 1.18 bits per heavy atom. The lowest BCUT2D eigenvalue weighted by Crippen LogP contribution is -2.35. The predicted molar refractivity (Wildman–Crippen MR) is 108 cm³/mol. The molecule has 0 radical (unpaired) electrons. The molecule has 7 heteroatoms. The SMILES string of the molecule is C[C@H](N)CNC(=O)c1ccnc(-c2cnn3ccc(-c4ccccc4)nc23)c1. The van der Waals surface area contributed by atoms with E-state index in [0.717, 1.165) is 16.8 Å². The van der Waals surface area contributed by atoms with E-state index in [0.29, 0.717) is 23.4 Å². The molecule has 3 heterocycles. The monoisotopic (exact) mass is 372 g/mol. The molecule has 3 N–H and O–H groups in total. The fourth-order valence-corrected chi connectivity index (χ4v) is 2.89. The number of nitrogens with two attached hydrogens (primary N) is 1. The van der Waals surface area contributed by atoms with Gasteiger partial charge in [0, 0.05) is 36.1 Å². The maximum absolute atomic E-state index is 12.3. The van der Waals surface area contributed by atoms with Gasteiger partial charge in [-0.15, -0.1) is 0 Å². The minimum Gasteiger partial charge on any atom is -0.350 e. The van der Waals surface area contributed by atoms with Crippen molar-refractivity contribution in [2.24, 2.45) is 5.73 Å². The molecule has 0 saturated heterocycles. The van der Waals surface area contributed by atoms with Gasteiger partial charge in [0.15, 0.2) is 5.65 Å². The Balaban J connectivity index is 1.71. The number of aromatic nitrogens is 4. The zero-order valence-corrected chi connectivity index (χ0v) is 15.4. The number of pyridine rings is 1. The molecule has 0 spiro atoms. The van der Waals surface area contributed by atoms with Gasteiger partial charge in [-0.05, 0) is 25.1 Å². The fraction of sp³-hybridized carbons (Fsp3) is 0.143. The summed E-state index contributed by atoms with van der Waals surface area (Å²) in [5, 5.41) is 7.17. The van der Waals surface area contributed by atoms with E-state index >= 15 is 0 Å². The van der Waals surface area contributed by atoms with E-state index < -0.39 is 0 Å². The second kappa shape index (κ2) is 7.58. The molecule has 28 heavy (non-hydrogen) atoms. The Hall–Kier alpha value is -3.58. The van der Waals surface area contributed by atoms with Gasteiger partial charge in [-0.2, -0.15) is 5.10 Å². The molecule has 4 aromatic rings. The molecule has 1 atom stereocenters. The van der Waals surface area contributed by atoms with Crippen molar-refractivity contribution in [2.45, 2.75) is 13.0 Å². The van der Waals surface area contributed by atoms with Crippen LogP contribution in [-0.2, 0) is 0 Å². The molecule has 140 valence electrons. The van der Waals surface area contributed by atoms with Crippen LogP contribution in [0.3, 0.4) is 0 Å². The number of fused-ring (bicyclic) bond motifs is 1. The minimum atomic E-state index is -0.185. The lowest BCUT2D eigenvalue weighted by molar-refractivity contribution is 0.0951. The third kappa shape index (κ3) is 3.60. The van der Waals surface area contributed by atoms with Gasteiger partial charge < -0.3 is 11.1 Å². The van der Waals surface area contributed by atoms with Gasteiger partial charge in [-0.3, -0.25) is 9.78 Å². The lowest BCUT2D eigenvalue weighted by Gasteiger charge is -2.08. The Labute approximate surface area is 162 Å². The van der Waals surface area contributed by atoms with Gasteiger partial charge >= 0.3 is 0 Å². The summed E-state index contributed by atoms with van der Waals surface area (Å²) in [7, 11) is 0. The highest BCUT2D eigenvalue weighted by Crippen LogP contribution is 2.24. The van der Waals surface area contributed by atoms with Gasteiger partial charge in [-0.1, -0.05) is 30.3 Å². The molecule has 3 aromatic heterocycles. The molecule has 4 rings (SSSR count). The highest BCUT2D eigenvalue weighted by atomic mass is 16.1. The van der Waals surface area contributed by atoms with Gasteiger partial charge in [0.25, 0.3) is 5.91 Å². The summed E-state index contributed by atoms with van der Waals surface area (Å²) < 4.78 is 1.70. The second-order valence-corrected chi connectivity index (χ2v) is 6.62. The Morgan fingerprint density at radius 3 is 2.79 bits per heavy atom. The summed E-state index contributed by atoms with van der Waals surface area (Å²) in [5.74, 6) is -0.185. The first-order chi connectivity index (χ1) is 13.6. The van der Waals surface area contributed by atoms with E-state index in [9.17, 15) is 4.79 Å². The summed E-state index contributed by atoms with van der Waals surface area (Å²) in [6.07, 6.45) is 5.19. The predicted octanol–water partition coefficient (Wildman–Crippen LogP) is 2.54. The van der Waals surface area contributed by atoms with E-state index in [1.165, 1.54) is 0 Å². The van der Waals surface area contributed by atoms with Gasteiger partial charge in [0.05, 0.1) is 23.1 Å². The molecular weight excluding hydrogens is 352 g/mol. The average Bonchev–Trinajstić information content (AvgIpc) is 3.16. The van der Waals surface area contributed by atoms with Crippen LogP contribution >= 0.6 is 0 Å². The highest BCUT2D eigenvalue weighted by molar-refractivity contribution is 5.95. The van der Waals surface area contributed by atoms with Gasteiger partial charge in [-0.25, -0.2) is 9.50 Å². The molecule has 0 unspecified atom stereocenters. The topological polar surface area (TPSA) is 98.2 Å². The summed E-state index contributed by atoms with van der Waals surface area (Å²) in [5.41, 5.74) is 10.2. The summed E-state index contributed by atoms with van der Waals surface area (Å²) in [4.78, 5) is 21.5. The molecule has 0 aliphatic rings. The van der Waals surface area contributed by atoms with Crippen LogP contribution in [0.5, 0.6) is 0 Å². The Morgan fingerprint density at radius 2 is 2.00 bits per heavy atom. The standard InChI is InChI=1S/C21H20N6O/c1-14(22)12-24-21(28)16-7-9-23-19(11-16)17-13-25-27-10-8-18(26-20(17)27)15-5-3-2-4-6-15/h2-11,13-14H,12,22H2,1H3,(H,24,28)/t14-/m0/s1. The summed E-state index contributed by atoms with van der Waals surface area (Å²) in [6.45, 7) is 2.25. The van der Waals surface area contributed by atoms with Crippen LogP contribution < -0.4 is 11.1 Å². The molecule has 0 aliphatic carbocycles. The maximum Gasteiger partial charge on any atom is 0.251 e. The van der Waals surface area contributed by atoms with E-state index in [1.54, 1.807) is 29.0 Å². The van der Waals surface area contributed by atoms with Crippen molar-refractivity contribution in [3.63, 3.8) is 0 Å². The molecule has 0 aliphatic heterocycles. The Bertz CT molecular complexity index is 1120. The van der Waals surface area contributed by atoms with Crippen molar-refractivity contribution in [3.05, 3.63) is 72.7 Å². The number of hydrogen-bond acceptors (Lipinski definition) is 5. The van der Waals surface area contributed by atoms with Gasteiger partial charge in [0.1, 0.15) is 0 Å². The van der Waals surface area contributed by atoms with Crippen molar-refractivity contribution in [1.29, 1.82) is 0 Å². The first-order valence-corrected chi connectivity index (χ1v) is 9.02. The van der Waals surface area contributed by atoms with Crippen LogP contribution in [0.15, 0.2) is 67.1 Å². The number of nitrogens with one attached hydrogen (secondary N) is 1. The number of benzene rings is 1. The first-order valence-electron chi connectivity index (χ1n) is 9.02. The highest BCUT2D eigenvalue weighted by Gasteiger charge is 2.14. The van der Waals surface area contributed by atoms with Crippen molar-refractivity contribution in [2.75, 3.05) is 6.54 Å². The molecule has 0 bridgehead atoms. The van der Waals surface area contributed by atoms with Crippen LogP contribution in [0, 0.1) is 0 Å². The maximum atomic E-state index is 12.3. The number of amides is 1. The van der Waals surface area contributed by atoms with E-state index in [2.05, 4.69) is 15.4 Å². The normalized spacial score (nSPS) is 12.1. The second-order valence-electron chi connectivity index (χ2n) is 6.62. The summed E-state index contributed by atoms with van der Waals surface area (Å²) in [6, 6.07) is 15.2. The fourth-order valence-electron chi connectivity index (χ4n) is 2.89. The van der Waals surface area contributed by atoms with E-state index in [4.69, 9.17) is 10.7 Å². The third-order valence-electron chi connectivity index (χ3n) is 4.32. The Kier molecular flexibility index (Phi) is 4.82. The molecule has 1 amide bonds. The van der Waals surface area contributed by atoms with E-state index in [1.807, 2.05) is 49.5 Å². The van der Waals surface area contributed by atoms with Crippen LogP contribution in [0.4, 0.5) is 0 Å². The zero-order chi connectivity index (χ0) is 19.5. The lowest BCUT2D eigenvalue weighted by atomic mass is 10.1. The number of nitrogens with zero attached hydrogens (tertiary/aromatic N) is 4. The van der Waals surface area contributed by atoms with Gasteiger partial charge in [0.2, 0.25) is 0 Å². The number of hydrogen-bond donors (Lipinski definition) is 2. The average molecular weight is 372 g/mol. The first kappa shape index (κ1) is 17.8. The van der Waals surface area contributed by atoms with Crippen molar-refractivity contribution < 1.29 is 4.79 Å². The zero-order valence-electron chi connectivity index (χ0n) is 15.4. The molecular formula is C21H20N6O. The smallest absolute Gasteiger partial charge is 0.251 e. The van der Waals surface area contributed by atoms with Crippen LogP contribution in [0.2, 0.25) is 0 Å². The van der Waals surface area contributed by atoms with Crippen LogP contribution in [-0.4, -0.2) is 38.1 Å². The number of rotatable bonds is 5. The van der Waals surface area contributed by atoms with Crippen molar-refractivity contribution >= 4 is 11.6 Å². The summed E-state index contributed by atoms with van der Waals surface area (Å²) >= 11 is 0. The molecule has 1 aromatic carbocycles.